The average molecular weight is 432 g/mol. The van der Waals surface area contributed by atoms with Crippen LogP contribution in [-0.2, 0) is 4.79 Å². The number of anilines is 1. The van der Waals surface area contributed by atoms with E-state index >= 15 is 0 Å². The SMILES string of the molecule is N#CCC(=O)N1CCCC(Nc2nc(-c3cnc4ccc(F)cn34)nc(Cl)c2F)C1. The van der Waals surface area contributed by atoms with Crippen molar-refractivity contribution < 1.29 is 13.6 Å². The molecule has 8 nitrogen and oxygen atoms in total. The minimum atomic E-state index is -0.819. The summed E-state index contributed by atoms with van der Waals surface area (Å²) in [6.07, 6.45) is 3.87. The second kappa shape index (κ2) is 8.20. The molecule has 0 spiro atoms. The summed E-state index contributed by atoms with van der Waals surface area (Å²) in [6, 6.07) is 4.35. The summed E-state index contributed by atoms with van der Waals surface area (Å²) in [7, 11) is 0. The molecular weight excluding hydrogens is 416 g/mol. The Balaban J connectivity index is 1.63. The first kappa shape index (κ1) is 20.0. The first-order valence-corrected chi connectivity index (χ1v) is 9.61. The van der Waals surface area contributed by atoms with Crippen LogP contribution in [0.4, 0.5) is 14.6 Å². The molecule has 0 aliphatic carbocycles. The maximum absolute atomic E-state index is 14.6. The van der Waals surface area contributed by atoms with Gasteiger partial charge in [0.2, 0.25) is 11.7 Å². The Hall–Kier alpha value is -3.32. The lowest BCUT2D eigenvalue weighted by molar-refractivity contribution is -0.131. The van der Waals surface area contributed by atoms with Crippen molar-refractivity contribution in [2.75, 3.05) is 18.4 Å². The monoisotopic (exact) mass is 431 g/mol. The Kier molecular flexibility index (Phi) is 5.46. The number of aromatic nitrogens is 4. The van der Waals surface area contributed by atoms with Crippen molar-refractivity contribution in [1.82, 2.24) is 24.3 Å². The highest BCUT2D eigenvalue weighted by molar-refractivity contribution is 6.29. The standard InChI is InChI=1S/C19H16ClF2N7O/c20-17-16(22)19(25-12-2-1-7-28(10-12)15(30)5-6-23)27-18(26-17)13-8-24-14-4-3-11(21)9-29(13)14/h3-4,8-9,12H,1-2,5,7,10H2,(H,25,26,27). The minimum absolute atomic E-state index is 0.0789. The molecular formula is C19H16ClF2N7O. The molecule has 0 radical (unpaired) electrons. The number of likely N-dealkylation sites (tertiary alicyclic amines) is 1. The zero-order valence-corrected chi connectivity index (χ0v) is 16.4. The van der Waals surface area contributed by atoms with E-state index in [2.05, 4.69) is 20.3 Å². The summed E-state index contributed by atoms with van der Waals surface area (Å²) in [4.78, 5) is 25.9. The molecule has 1 N–H and O–H groups in total. The number of carbonyl (C=O) groups excluding carboxylic acids is 1. The van der Waals surface area contributed by atoms with Gasteiger partial charge in [-0.05, 0) is 25.0 Å². The van der Waals surface area contributed by atoms with Crippen LogP contribution in [0.2, 0.25) is 5.15 Å². The fourth-order valence-corrected chi connectivity index (χ4v) is 3.61. The fraction of sp³-hybridized carbons (Fsp3) is 0.316. The van der Waals surface area contributed by atoms with E-state index in [4.69, 9.17) is 16.9 Å². The van der Waals surface area contributed by atoms with Gasteiger partial charge >= 0.3 is 0 Å². The summed E-state index contributed by atoms with van der Waals surface area (Å²) >= 11 is 5.99. The summed E-state index contributed by atoms with van der Waals surface area (Å²) in [5, 5.41) is 11.3. The van der Waals surface area contributed by atoms with Crippen LogP contribution in [0.15, 0.2) is 24.5 Å². The number of carbonyl (C=O) groups is 1. The van der Waals surface area contributed by atoms with Gasteiger partial charge in [0, 0.05) is 25.3 Å². The second-order valence-electron chi connectivity index (χ2n) is 6.88. The number of nitriles is 1. The van der Waals surface area contributed by atoms with E-state index in [9.17, 15) is 13.6 Å². The Bertz CT molecular complexity index is 1160. The number of halogens is 3. The third-order valence-corrected chi connectivity index (χ3v) is 5.11. The number of nitrogens with one attached hydrogen (secondary N) is 1. The van der Waals surface area contributed by atoms with Crippen molar-refractivity contribution in [3.8, 4) is 17.6 Å². The van der Waals surface area contributed by atoms with Gasteiger partial charge in [-0.3, -0.25) is 9.20 Å². The first-order valence-electron chi connectivity index (χ1n) is 9.23. The zero-order chi connectivity index (χ0) is 21.3. The molecule has 1 saturated heterocycles. The topological polar surface area (TPSA) is 99.2 Å². The number of fused-ring (bicyclic) bond motifs is 1. The van der Waals surface area contributed by atoms with E-state index < -0.39 is 11.6 Å². The van der Waals surface area contributed by atoms with E-state index in [1.54, 1.807) is 4.90 Å². The third-order valence-electron chi connectivity index (χ3n) is 4.85. The molecule has 4 heterocycles. The van der Waals surface area contributed by atoms with Gasteiger partial charge in [-0.15, -0.1) is 0 Å². The normalized spacial score (nSPS) is 16.5. The number of pyridine rings is 1. The van der Waals surface area contributed by atoms with Crippen molar-refractivity contribution in [2.45, 2.75) is 25.3 Å². The van der Waals surface area contributed by atoms with Gasteiger partial charge in [-0.2, -0.15) is 9.65 Å². The molecule has 1 amide bonds. The lowest BCUT2D eigenvalue weighted by atomic mass is 10.1. The van der Waals surface area contributed by atoms with Crippen LogP contribution in [0.3, 0.4) is 0 Å². The van der Waals surface area contributed by atoms with Crippen LogP contribution in [-0.4, -0.2) is 49.3 Å². The molecule has 0 saturated carbocycles. The molecule has 11 heteroatoms. The fourth-order valence-electron chi connectivity index (χ4n) is 3.44. The third kappa shape index (κ3) is 3.89. The number of hydrogen-bond acceptors (Lipinski definition) is 6. The predicted molar refractivity (Wildman–Crippen MR) is 105 cm³/mol. The van der Waals surface area contributed by atoms with E-state index in [1.807, 2.05) is 6.07 Å². The van der Waals surface area contributed by atoms with Gasteiger partial charge in [0.05, 0.1) is 12.3 Å². The highest BCUT2D eigenvalue weighted by Gasteiger charge is 2.25. The maximum atomic E-state index is 14.6. The molecule has 1 aliphatic heterocycles. The number of nitrogens with zero attached hydrogens (tertiary/aromatic N) is 6. The molecule has 1 atom stereocenters. The number of amides is 1. The Morgan fingerprint density at radius 2 is 2.20 bits per heavy atom. The van der Waals surface area contributed by atoms with E-state index in [1.165, 1.54) is 28.9 Å². The molecule has 0 bridgehead atoms. The van der Waals surface area contributed by atoms with Crippen LogP contribution in [0.1, 0.15) is 19.3 Å². The molecule has 154 valence electrons. The van der Waals surface area contributed by atoms with E-state index in [-0.39, 0.29) is 35.2 Å². The summed E-state index contributed by atoms with van der Waals surface area (Å²) in [5.41, 5.74) is 0.827. The van der Waals surface area contributed by atoms with Crippen molar-refractivity contribution in [1.29, 1.82) is 5.26 Å². The number of piperidine rings is 1. The first-order chi connectivity index (χ1) is 14.5. The van der Waals surface area contributed by atoms with Gasteiger partial charge in [0.15, 0.2) is 16.8 Å². The maximum Gasteiger partial charge on any atom is 0.236 e. The van der Waals surface area contributed by atoms with Gasteiger partial charge in [-0.1, -0.05) is 11.6 Å². The van der Waals surface area contributed by atoms with Gasteiger partial charge in [0.25, 0.3) is 0 Å². The highest BCUT2D eigenvalue weighted by atomic mass is 35.5. The van der Waals surface area contributed by atoms with E-state index in [0.717, 1.165) is 0 Å². The van der Waals surface area contributed by atoms with Crippen molar-refractivity contribution in [2.24, 2.45) is 0 Å². The largest absolute Gasteiger partial charge is 0.363 e. The number of rotatable bonds is 4. The van der Waals surface area contributed by atoms with Crippen LogP contribution in [0.25, 0.3) is 17.2 Å². The smallest absolute Gasteiger partial charge is 0.236 e. The molecule has 3 aromatic heterocycles. The zero-order valence-electron chi connectivity index (χ0n) is 15.6. The van der Waals surface area contributed by atoms with Crippen molar-refractivity contribution in [3.05, 3.63) is 41.3 Å². The van der Waals surface area contributed by atoms with Gasteiger partial charge in [0.1, 0.15) is 23.6 Å². The molecule has 30 heavy (non-hydrogen) atoms. The lowest BCUT2D eigenvalue weighted by Crippen LogP contribution is -2.45. The van der Waals surface area contributed by atoms with Crippen LogP contribution in [0.5, 0.6) is 0 Å². The highest BCUT2D eigenvalue weighted by Crippen LogP contribution is 2.26. The lowest BCUT2D eigenvalue weighted by Gasteiger charge is -2.33. The summed E-state index contributed by atoms with van der Waals surface area (Å²) in [6.45, 7) is 0.863. The van der Waals surface area contributed by atoms with Crippen LogP contribution < -0.4 is 5.32 Å². The molecule has 1 aliphatic rings. The second-order valence-corrected chi connectivity index (χ2v) is 7.24. The number of imidazole rings is 1. The average Bonchev–Trinajstić information content (AvgIpc) is 3.14. The molecule has 1 fully saturated rings. The molecule has 0 aromatic carbocycles. The van der Waals surface area contributed by atoms with E-state index in [0.29, 0.717) is 37.3 Å². The van der Waals surface area contributed by atoms with Crippen molar-refractivity contribution in [3.63, 3.8) is 0 Å². The Morgan fingerprint density at radius 1 is 1.37 bits per heavy atom. The quantitative estimate of drug-likeness (QED) is 0.637. The van der Waals surface area contributed by atoms with Gasteiger partial charge in [-0.25, -0.2) is 19.3 Å². The molecule has 3 aromatic rings. The van der Waals surface area contributed by atoms with Crippen LogP contribution >= 0.6 is 11.6 Å². The van der Waals surface area contributed by atoms with Crippen LogP contribution in [0, 0.1) is 23.0 Å². The predicted octanol–water partition coefficient (Wildman–Crippen LogP) is 3.04. The Labute approximate surface area is 175 Å². The Morgan fingerprint density at radius 3 is 3.00 bits per heavy atom. The summed E-state index contributed by atoms with van der Waals surface area (Å²) in [5.74, 6) is -1.59. The molecule has 4 rings (SSSR count). The number of hydrogen-bond donors (Lipinski definition) is 1. The van der Waals surface area contributed by atoms with Gasteiger partial charge < -0.3 is 10.2 Å². The minimum Gasteiger partial charge on any atom is -0.363 e. The molecule has 1 unspecified atom stereocenters. The summed E-state index contributed by atoms with van der Waals surface area (Å²) < 4.78 is 29.7. The van der Waals surface area contributed by atoms with Crippen molar-refractivity contribution >= 4 is 29.0 Å².